The number of aromatic nitrogens is 2. The van der Waals surface area contributed by atoms with Gasteiger partial charge in [0.25, 0.3) is 5.69 Å². The number of nitro benzene ring substituents is 1. The van der Waals surface area contributed by atoms with Gasteiger partial charge in [0.15, 0.2) is 5.82 Å². The van der Waals surface area contributed by atoms with Gasteiger partial charge in [-0.2, -0.15) is 0 Å². The maximum absolute atomic E-state index is 12.6. The third kappa shape index (κ3) is 4.90. The highest BCUT2D eigenvalue weighted by Crippen LogP contribution is 2.27. The zero-order valence-electron chi connectivity index (χ0n) is 17.3. The number of hydrogen-bond donors (Lipinski definition) is 1. The number of ketones is 1. The zero-order chi connectivity index (χ0) is 21.7. The van der Waals surface area contributed by atoms with E-state index >= 15 is 0 Å². The van der Waals surface area contributed by atoms with Crippen LogP contribution in [0.25, 0.3) is 0 Å². The number of anilines is 1. The summed E-state index contributed by atoms with van der Waals surface area (Å²) < 4.78 is 1.59. The number of imidazole rings is 1. The van der Waals surface area contributed by atoms with Crippen LogP contribution in [0, 0.1) is 10.1 Å². The summed E-state index contributed by atoms with van der Waals surface area (Å²) in [5.41, 5.74) is 1.68. The quantitative estimate of drug-likeness (QED) is 0.333. The lowest BCUT2D eigenvalue weighted by molar-refractivity contribution is -0.384. The fourth-order valence-electron chi connectivity index (χ4n) is 3.24. The number of aryl methyl sites for hydroxylation is 1. The molecule has 0 saturated carbocycles. The van der Waals surface area contributed by atoms with Crippen LogP contribution in [-0.2, 0) is 13.5 Å². The Bertz CT molecular complexity index is 1030. The van der Waals surface area contributed by atoms with Crippen LogP contribution in [-0.4, -0.2) is 51.8 Å². The second kappa shape index (κ2) is 9.32. The molecule has 8 nitrogen and oxygen atoms in total. The molecule has 2 aromatic carbocycles. The number of rotatable bonds is 9. The summed E-state index contributed by atoms with van der Waals surface area (Å²) in [4.78, 5) is 29.9. The molecule has 0 fully saturated rings. The van der Waals surface area contributed by atoms with Crippen molar-refractivity contribution in [1.82, 2.24) is 14.5 Å². The van der Waals surface area contributed by atoms with Crippen LogP contribution in [0.5, 0.6) is 0 Å². The van der Waals surface area contributed by atoms with E-state index in [1.807, 2.05) is 32.3 Å². The van der Waals surface area contributed by atoms with Crippen molar-refractivity contribution in [1.29, 1.82) is 0 Å². The minimum absolute atomic E-state index is 0.132. The summed E-state index contributed by atoms with van der Waals surface area (Å²) in [7, 11) is 5.68. The molecule has 1 heterocycles. The number of carbonyl (C=O) groups excluding carboxylic acids is 1. The van der Waals surface area contributed by atoms with Crippen molar-refractivity contribution in [2.75, 3.05) is 26.0 Å². The topological polar surface area (TPSA) is 93.3 Å². The molecule has 0 spiro atoms. The van der Waals surface area contributed by atoms with E-state index in [0.29, 0.717) is 12.2 Å². The Morgan fingerprint density at radius 2 is 1.97 bits per heavy atom. The average molecular weight is 407 g/mol. The maximum atomic E-state index is 12.6. The molecule has 30 heavy (non-hydrogen) atoms. The predicted octanol–water partition coefficient (Wildman–Crippen LogP) is 3.14. The number of nitro groups is 1. The zero-order valence-corrected chi connectivity index (χ0v) is 17.3. The van der Waals surface area contributed by atoms with Crippen LogP contribution < -0.4 is 5.32 Å². The molecule has 3 rings (SSSR count). The summed E-state index contributed by atoms with van der Waals surface area (Å²) in [6, 6.07) is 14.7. The van der Waals surface area contributed by atoms with Crippen LogP contribution in [0.15, 0.2) is 60.9 Å². The van der Waals surface area contributed by atoms with Crippen molar-refractivity contribution >= 4 is 17.2 Å². The highest BCUT2D eigenvalue weighted by molar-refractivity contribution is 6.07. The molecule has 3 aromatic rings. The van der Waals surface area contributed by atoms with Crippen molar-refractivity contribution in [3.63, 3.8) is 0 Å². The summed E-state index contributed by atoms with van der Waals surface area (Å²) in [5, 5.41) is 14.8. The molecule has 156 valence electrons. The van der Waals surface area contributed by atoms with E-state index in [9.17, 15) is 14.9 Å². The van der Waals surface area contributed by atoms with Crippen molar-refractivity contribution in [2.24, 2.45) is 7.05 Å². The Morgan fingerprint density at radius 3 is 2.57 bits per heavy atom. The molecular weight excluding hydrogens is 382 g/mol. The van der Waals surface area contributed by atoms with E-state index in [0.717, 1.165) is 6.42 Å². The van der Waals surface area contributed by atoms with Gasteiger partial charge in [0.05, 0.1) is 4.92 Å². The molecular formula is C22H25N5O3. The van der Waals surface area contributed by atoms with Gasteiger partial charge in [-0.3, -0.25) is 14.9 Å². The molecule has 0 aliphatic carbocycles. The SMILES string of the molecule is CN(C)C(CNc1ccc(C(=O)c2nccn2C)cc1[N+](=O)[O-])Cc1ccccc1. The number of benzene rings is 2. The third-order valence-corrected chi connectivity index (χ3v) is 5.05. The fourth-order valence-corrected chi connectivity index (χ4v) is 3.24. The Hall–Kier alpha value is -3.52. The Kier molecular flexibility index (Phi) is 6.58. The van der Waals surface area contributed by atoms with E-state index in [2.05, 4.69) is 27.3 Å². The summed E-state index contributed by atoms with van der Waals surface area (Å²) >= 11 is 0. The second-order valence-corrected chi connectivity index (χ2v) is 7.37. The van der Waals surface area contributed by atoms with E-state index in [1.165, 1.54) is 17.8 Å². The molecule has 0 aliphatic rings. The van der Waals surface area contributed by atoms with Crippen LogP contribution in [0.1, 0.15) is 21.7 Å². The monoisotopic (exact) mass is 407 g/mol. The first kappa shape index (κ1) is 21.2. The number of likely N-dealkylation sites (N-methyl/N-ethyl adjacent to an activating group) is 1. The first-order valence-electron chi connectivity index (χ1n) is 9.61. The van der Waals surface area contributed by atoms with E-state index in [-0.39, 0.29) is 28.9 Å². The van der Waals surface area contributed by atoms with E-state index < -0.39 is 4.92 Å². The highest BCUT2D eigenvalue weighted by Gasteiger charge is 2.21. The van der Waals surface area contributed by atoms with Gasteiger partial charge in [0.2, 0.25) is 5.78 Å². The van der Waals surface area contributed by atoms with Gasteiger partial charge >= 0.3 is 0 Å². The lowest BCUT2D eigenvalue weighted by Gasteiger charge is -2.25. The smallest absolute Gasteiger partial charge is 0.293 e. The number of carbonyl (C=O) groups is 1. The van der Waals surface area contributed by atoms with Crippen molar-refractivity contribution in [3.05, 3.63) is 88.0 Å². The summed E-state index contributed by atoms with van der Waals surface area (Å²) in [5.74, 6) is -0.118. The fraction of sp³-hybridized carbons (Fsp3) is 0.273. The minimum Gasteiger partial charge on any atom is -0.378 e. The van der Waals surface area contributed by atoms with Crippen LogP contribution in [0.4, 0.5) is 11.4 Å². The summed E-state index contributed by atoms with van der Waals surface area (Å²) in [6.07, 6.45) is 3.99. The Labute approximate surface area is 175 Å². The Morgan fingerprint density at radius 1 is 1.23 bits per heavy atom. The van der Waals surface area contributed by atoms with Gasteiger partial charge in [-0.15, -0.1) is 0 Å². The predicted molar refractivity (Wildman–Crippen MR) is 116 cm³/mol. The normalized spacial score (nSPS) is 12.0. The number of nitrogens with zero attached hydrogens (tertiary/aromatic N) is 4. The number of hydrogen-bond acceptors (Lipinski definition) is 6. The molecule has 1 atom stereocenters. The lowest BCUT2D eigenvalue weighted by Crippen LogP contribution is -2.36. The van der Waals surface area contributed by atoms with Gasteiger partial charge in [-0.25, -0.2) is 4.98 Å². The van der Waals surface area contributed by atoms with Gasteiger partial charge < -0.3 is 14.8 Å². The first-order valence-corrected chi connectivity index (χ1v) is 9.61. The standard InChI is InChI=1S/C22H25N5O3/c1-25(2)18(13-16-7-5-4-6-8-16)15-24-19-10-9-17(14-20(19)27(29)30)21(28)22-23-11-12-26(22)3/h4-12,14,18,24H,13,15H2,1-3H3. The molecule has 0 bridgehead atoms. The Balaban J connectivity index is 1.78. The largest absolute Gasteiger partial charge is 0.378 e. The molecule has 0 amide bonds. The highest BCUT2D eigenvalue weighted by atomic mass is 16.6. The lowest BCUT2D eigenvalue weighted by atomic mass is 10.0. The molecule has 0 saturated heterocycles. The summed E-state index contributed by atoms with van der Waals surface area (Å²) in [6.45, 7) is 0.523. The molecule has 1 unspecified atom stereocenters. The van der Waals surface area contributed by atoms with Crippen molar-refractivity contribution in [2.45, 2.75) is 12.5 Å². The van der Waals surface area contributed by atoms with Crippen molar-refractivity contribution in [3.8, 4) is 0 Å². The molecule has 0 aliphatic heterocycles. The van der Waals surface area contributed by atoms with Crippen LogP contribution in [0.2, 0.25) is 0 Å². The van der Waals surface area contributed by atoms with E-state index in [4.69, 9.17) is 0 Å². The van der Waals surface area contributed by atoms with Crippen molar-refractivity contribution < 1.29 is 9.72 Å². The van der Waals surface area contributed by atoms with E-state index in [1.54, 1.807) is 29.9 Å². The number of nitrogens with one attached hydrogen (secondary N) is 1. The maximum Gasteiger partial charge on any atom is 0.293 e. The molecule has 0 radical (unpaired) electrons. The minimum atomic E-state index is -0.473. The molecule has 1 aromatic heterocycles. The third-order valence-electron chi connectivity index (χ3n) is 5.05. The van der Waals surface area contributed by atoms with Gasteiger partial charge in [0, 0.05) is 43.7 Å². The second-order valence-electron chi connectivity index (χ2n) is 7.37. The molecule has 1 N–H and O–H groups in total. The first-order chi connectivity index (χ1) is 14.4. The molecule has 8 heteroatoms. The average Bonchev–Trinajstić information content (AvgIpc) is 3.16. The van der Waals surface area contributed by atoms with Crippen LogP contribution in [0.3, 0.4) is 0 Å². The van der Waals surface area contributed by atoms with Crippen LogP contribution >= 0.6 is 0 Å². The van der Waals surface area contributed by atoms with Gasteiger partial charge in [0.1, 0.15) is 5.69 Å². The van der Waals surface area contributed by atoms with Gasteiger partial charge in [-0.05, 0) is 38.2 Å². The van der Waals surface area contributed by atoms with Gasteiger partial charge in [-0.1, -0.05) is 30.3 Å².